The Morgan fingerprint density at radius 1 is 0.410 bits per heavy atom. The van der Waals surface area contributed by atoms with Crippen LogP contribution in [0.1, 0.15) is 232 Å². The van der Waals surface area contributed by atoms with Crippen LogP contribution in [0.15, 0.2) is 117 Å². The van der Waals surface area contributed by atoms with Crippen molar-refractivity contribution in [3.63, 3.8) is 0 Å². The van der Waals surface area contributed by atoms with Crippen LogP contribution in [0.25, 0.3) is 12.2 Å². The number of benzene rings is 3. The molecule has 0 aliphatic heterocycles. The molecule has 0 aliphatic carbocycles. The molecule has 17 heteroatoms. The summed E-state index contributed by atoms with van der Waals surface area (Å²) in [6, 6.07) is 25.4. The molecule has 572 valence electrons. The Bertz CT molecular complexity index is 2550. The standard InChI is InChI=1S/C17H22O2.2C13H18O2.C10H20O3.C9H18O3.C8H16O3.C7H14O2.2C3H6/c1-6-13-9-14(7-2)11-15(10-13)12-19-16(18)17(4,5)8-3;2*1-4-13(2,3)12(14)15-10-11-8-6-5-7-9-11;1-5-10(3,4)9(11)13-8-7-12-6-2;1-5-7(2)9(10)12-6-8(3)11-4;1-4-7(2)8(9)11-6-5-10-3;1-5-7(2,3)6(8)9-4;2*1-3-2/h6-7,9-11H,1-2,8,12H2,3-5H3;2*5-9H,4,10H2,1-3H3;5-8H2,1-4H3;7-8H,5-6H2,1-4H3;7H,4-6H2,1-3H3;5H2,1-4H3;2*3H,1H2,2H3. The van der Waals surface area contributed by atoms with E-state index in [-0.39, 0.29) is 88.0 Å². The first-order chi connectivity index (χ1) is 46.8. The molecule has 3 rings (SSSR count). The van der Waals surface area contributed by atoms with Gasteiger partial charge in [0.1, 0.15) is 39.6 Å². The molecule has 0 saturated carbocycles. The van der Waals surface area contributed by atoms with Crippen molar-refractivity contribution >= 4 is 53.9 Å². The highest BCUT2D eigenvalue weighted by molar-refractivity contribution is 5.78. The predicted octanol–water partition coefficient (Wildman–Crippen LogP) is 19.6. The third-order valence-electron chi connectivity index (χ3n) is 15.8. The predicted molar refractivity (Wildman–Crippen MR) is 410 cm³/mol. The number of rotatable bonds is 32. The molecule has 0 aromatic heterocycles. The van der Waals surface area contributed by atoms with Crippen LogP contribution in [0, 0.1) is 38.9 Å². The van der Waals surface area contributed by atoms with E-state index in [4.69, 9.17) is 42.6 Å². The minimum atomic E-state index is -0.433. The van der Waals surface area contributed by atoms with E-state index >= 15 is 0 Å². The van der Waals surface area contributed by atoms with Crippen molar-refractivity contribution in [2.45, 2.75) is 230 Å². The normalized spacial score (nSPS) is 11.4. The second-order valence-electron chi connectivity index (χ2n) is 26.4. The summed E-state index contributed by atoms with van der Waals surface area (Å²) < 4.78 is 50.0. The second-order valence-corrected chi connectivity index (χ2v) is 26.4. The third kappa shape index (κ3) is 53.7. The molecule has 0 saturated heterocycles. The van der Waals surface area contributed by atoms with Crippen LogP contribution in [0.4, 0.5) is 0 Å². The van der Waals surface area contributed by atoms with Crippen LogP contribution in [0.2, 0.25) is 0 Å². The number of hydrogen-bond donors (Lipinski definition) is 0. The second kappa shape index (κ2) is 61.6. The van der Waals surface area contributed by atoms with E-state index in [1.807, 2.05) is 238 Å². The van der Waals surface area contributed by atoms with Crippen molar-refractivity contribution in [3.8, 4) is 0 Å². The summed E-state index contributed by atoms with van der Waals surface area (Å²) in [7, 11) is 4.60. The molecule has 3 aromatic rings. The van der Waals surface area contributed by atoms with Gasteiger partial charge in [-0.25, -0.2) is 0 Å². The minimum absolute atomic E-state index is 0.00550. The maximum Gasteiger partial charge on any atom is 0.311 e. The molecule has 0 N–H and O–H groups in total. The lowest BCUT2D eigenvalue weighted by atomic mass is 9.91. The van der Waals surface area contributed by atoms with Crippen molar-refractivity contribution in [2.75, 3.05) is 61.0 Å². The Hall–Kier alpha value is -7.21. The molecule has 0 radical (unpaired) electrons. The number of ether oxygens (including phenoxy) is 10. The Morgan fingerprint density at radius 2 is 0.720 bits per heavy atom. The van der Waals surface area contributed by atoms with Crippen molar-refractivity contribution < 1.29 is 80.9 Å². The van der Waals surface area contributed by atoms with Gasteiger partial charge < -0.3 is 47.4 Å². The zero-order valence-electron chi connectivity index (χ0n) is 67.1. The highest BCUT2D eigenvalue weighted by atomic mass is 16.6. The largest absolute Gasteiger partial charge is 0.469 e. The topological polar surface area (TPSA) is 212 Å². The summed E-state index contributed by atoms with van der Waals surface area (Å²) in [6.45, 7) is 62.0. The van der Waals surface area contributed by atoms with Gasteiger partial charge >= 0.3 is 41.8 Å². The quantitative estimate of drug-likeness (QED) is 0.0246. The van der Waals surface area contributed by atoms with Crippen LogP contribution < -0.4 is 0 Å². The van der Waals surface area contributed by atoms with E-state index in [1.54, 1.807) is 38.5 Å². The summed E-state index contributed by atoms with van der Waals surface area (Å²) >= 11 is 0. The van der Waals surface area contributed by atoms with E-state index in [0.29, 0.717) is 52.9 Å². The number of carbonyl (C=O) groups is 7. The Morgan fingerprint density at radius 3 is 1.00 bits per heavy atom. The molecule has 0 bridgehead atoms. The number of methoxy groups -OCH3 is 3. The molecule has 17 nitrogen and oxygen atoms in total. The summed E-state index contributed by atoms with van der Waals surface area (Å²) in [6.07, 6.45) is 12.6. The van der Waals surface area contributed by atoms with Gasteiger partial charge in [-0.05, 0) is 188 Å². The average molecular weight is 1410 g/mol. The molecule has 3 aromatic carbocycles. The van der Waals surface area contributed by atoms with Crippen molar-refractivity contribution in [1.82, 2.24) is 0 Å². The molecule has 0 spiro atoms. The van der Waals surface area contributed by atoms with E-state index in [2.05, 4.69) is 31.1 Å². The molecule has 0 heterocycles. The van der Waals surface area contributed by atoms with Gasteiger partial charge in [0, 0.05) is 20.8 Å². The smallest absolute Gasteiger partial charge is 0.311 e. The lowest BCUT2D eigenvalue weighted by molar-refractivity contribution is -0.156. The van der Waals surface area contributed by atoms with Gasteiger partial charge in [0.25, 0.3) is 0 Å². The summed E-state index contributed by atoms with van der Waals surface area (Å²) in [5, 5.41) is 0. The molecule has 3 atom stereocenters. The van der Waals surface area contributed by atoms with Crippen LogP contribution in [0.5, 0.6) is 0 Å². The van der Waals surface area contributed by atoms with Crippen molar-refractivity contribution in [2.24, 2.45) is 38.9 Å². The molecular weight excluding hydrogens is 1270 g/mol. The molecule has 0 aliphatic rings. The summed E-state index contributed by atoms with van der Waals surface area (Å²) in [4.78, 5) is 79.5. The Labute approximate surface area is 607 Å². The molecule has 0 amide bonds. The first-order valence-electron chi connectivity index (χ1n) is 35.1. The monoisotopic (exact) mass is 1410 g/mol. The number of carbonyl (C=O) groups excluding carboxylic acids is 7. The SMILES string of the molecule is C=CC.C=CC.C=Cc1cc(C=C)cc(COC(=O)C(C)(C)CC)c1.CCC(C)(C)C(=O)OC.CCC(C)(C)C(=O)OCc1ccccc1.CCC(C)(C)C(=O)OCc1ccccc1.CCC(C)C(=O)OCC(C)OC.CCC(C)C(=O)OCCOC.CCOCCOC(=O)C(C)(C)CC. The summed E-state index contributed by atoms with van der Waals surface area (Å²) in [5.74, 6) is -0.978. The zero-order valence-corrected chi connectivity index (χ0v) is 67.1. The van der Waals surface area contributed by atoms with Crippen LogP contribution in [0.3, 0.4) is 0 Å². The first-order valence-corrected chi connectivity index (χ1v) is 35.1. The Kier molecular flexibility index (Phi) is 64.0. The van der Waals surface area contributed by atoms with Crippen molar-refractivity contribution in [1.29, 1.82) is 0 Å². The van der Waals surface area contributed by atoms with Gasteiger partial charge in [0.2, 0.25) is 0 Å². The Balaban J connectivity index is -0.000000257. The maximum atomic E-state index is 11.9. The zero-order chi connectivity index (χ0) is 78.6. The number of esters is 7. The van der Waals surface area contributed by atoms with Gasteiger partial charge in [0.15, 0.2) is 0 Å². The number of hydrogen-bond acceptors (Lipinski definition) is 17. The lowest BCUT2D eigenvalue weighted by Gasteiger charge is -2.20. The number of allylic oxidation sites excluding steroid dienone is 2. The van der Waals surface area contributed by atoms with Crippen LogP contribution in [-0.4, -0.2) is 109 Å². The summed E-state index contributed by atoms with van der Waals surface area (Å²) in [5.41, 5.74) is 3.13. The van der Waals surface area contributed by atoms with Crippen molar-refractivity contribution in [3.05, 3.63) is 145 Å². The first kappa shape index (κ1) is 104. The minimum Gasteiger partial charge on any atom is -0.469 e. The fraction of sp³-hybridized carbons (Fsp3) is 0.602. The lowest BCUT2D eigenvalue weighted by Crippen LogP contribution is -2.26. The fourth-order valence-electron chi connectivity index (χ4n) is 5.89. The van der Waals surface area contributed by atoms with E-state index in [1.165, 1.54) is 7.11 Å². The van der Waals surface area contributed by atoms with Gasteiger partial charge in [-0.2, -0.15) is 0 Å². The molecular formula is C83H138O17. The van der Waals surface area contributed by atoms with Gasteiger partial charge in [0.05, 0.1) is 65.3 Å². The van der Waals surface area contributed by atoms with Crippen LogP contribution in [-0.2, 0) is 101 Å². The van der Waals surface area contributed by atoms with Gasteiger partial charge in [-0.1, -0.05) is 160 Å². The molecule has 100 heavy (non-hydrogen) atoms. The highest BCUT2D eigenvalue weighted by Gasteiger charge is 2.30. The highest BCUT2D eigenvalue weighted by Crippen LogP contribution is 2.26. The molecule has 0 fully saturated rings. The molecule has 3 unspecified atom stereocenters. The van der Waals surface area contributed by atoms with E-state index < -0.39 is 5.41 Å². The van der Waals surface area contributed by atoms with E-state index in [0.717, 1.165) is 72.8 Å². The average Bonchev–Trinajstić information content (AvgIpc) is 0.876. The fourth-order valence-corrected chi connectivity index (χ4v) is 5.89. The van der Waals surface area contributed by atoms with E-state index in [9.17, 15) is 33.6 Å². The third-order valence-corrected chi connectivity index (χ3v) is 15.8. The van der Waals surface area contributed by atoms with Gasteiger partial charge in [-0.3, -0.25) is 33.6 Å². The van der Waals surface area contributed by atoms with Crippen LogP contribution >= 0.6 is 0 Å². The van der Waals surface area contributed by atoms with Gasteiger partial charge in [-0.15, -0.1) is 13.2 Å². The maximum absolute atomic E-state index is 11.9.